The first-order chi connectivity index (χ1) is 7.26. The zero-order chi connectivity index (χ0) is 11.1. The van der Waals surface area contributed by atoms with Crippen LogP contribution in [0.2, 0.25) is 0 Å². The highest BCUT2D eigenvalue weighted by atomic mass is 16.5. The summed E-state index contributed by atoms with van der Waals surface area (Å²) < 4.78 is 4.93. The Bertz CT molecular complexity index is 384. The van der Waals surface area contributed by atoms with Crippen molar-refractivity contribution in [3.63, 3.8) is 0 Å². The maximum Gasteiger partial charge on any atom is 0.234 e. The number of nitrogens with zero attached hydrogens (tertiary/aromatic N) is 2. The summed E-state index contributed by atoms with van der Waals surface area (Å²) in [6, 6.07) is 5.28. The standard InChI is InChI=1S/C10H11N3O2/c1-15-10-6-8(3-5-12-10)7-13-9(14)2-4-11/h3,5-6H,2,7H2,1H3,(H,13,14). The molecule has 1 heterocycles. The highest BCUT2D eigenvalue weighted by Crippen LogP contribution is 2.07. The Balaban J connectivity index is 2.51. The lowest BCUT2D eigenvalue weighted by Gasteiger charge is -2.04. The number of carbonyl (C=O) groups is 1. The predicted molar refractivity (Wildman–Crippen MR) is 52.9 cm³/mol. The number of aromatic nitrogens is 1. The number of rotatable bonds is 4. The van der Waals surface area contributed by atoms with Crippen molar-refractivity contribution in [2.24, 2.45) is 0 Å². The van der Waals surface area contributed by atoms with Gasteiger partial charge in [0.1, 0.15) is 6.42 Å². The van der Waals surface area contributed by atoms with E-state index in [0.29, 0.717) is 12.4 Å². The van der Waals surface area contributed by atoms with Crippen LogP contribution in [0.3, 0.4) is 0 Å². The second-order valence-electron chi connectivity index (χ2n) is 2.82. The zero-order valence-electron chi connectivity index (χ0n) is 8.36. The summed E-state index contributed by atoms with van der Waals surface area (Å²) in [7, 11) is 1.53. The van der Waals surface area contributed by atoms with Crippen LogP contribution in [0, 0.1) is 11.3 Å². The van der Waals surface area contributed by atoms with Crippen LogP contribution in [0.25, 0.3) is 0 Å². The van der Waals surface area contributed by atoms with Crippen molar-refractivity contribution in [1.29, 1.82) is 5.26 Å². The third-order valence-corrected chi connectivity index (χ3v) is 1.74. The molecule has 5 nitrogen and oxygen atoms in total. The molecule has 0 aliphatic carbocycles. The summed E-state index contributed by atoms with van der Waals surface area (Å²) in [4.78, 5) is 14.9. The fourth-order valence-corrected chi connectivity index (χ4v) is 1.01. The Hall–Kier alpha value is -2.09. The van der Waals surface area contributed by atoms with Crippen molar-refractivity contribution in [1.82, 2.24) is 10.3 Å². The SMILES string of the molecule is COc1cc(CNC(=O)CC#N)ccn1. The molecule has 0 aliphatic rings. The van der Waals surface area contributed by atoms with Crippen molar-refractivity contribution in [2.75, 3.05) is 7.11 Å². The van der Waals surface area contributed by atoms with E-state index in [0.717, 1.165) is 5.56 Å². The van der Waals surface area contributed by atoms with Gasteiger partial charge in [-0.2, -0.15) is 5.26 Å². The number of methoxy groups -OCH3 is 1. The highest BCUT2D eigenvalue weighted by Gasteiger charge is 2.01. The first kappa shape index (κ1) is 11.0. The molecule has 1 aromatic heterocycles. The van der Waals surface area contributed by atoms with Crippen molar-refractivity contribution in [2.45, 2.75) is 13.0 Å². The lowest BCUT2D eigenvalue weighted by molar-refractivity contribution is -0.120. The van der Waals surface area contributed by atoms with Crippen LogP contribution in [0.5, 0.6) is 5.88 Å². The monoisotopic (exact) mass is 205 g/mol. The molecular weight excluding hydrogens is 194 g/mol. The second kappa shape index (κ2) is 5.60. The van der Waals surface area contributed by atoms with Gasteiger partial charge in [0, 0.05) is 18.8 Å². The molecule has 0 bridgehead atoms. The van der Waals surface area contributed by atoms with Crippen molar-refractivity contribution < 1.29 is 9.53 Å². The Morgan fingerprint density at radius 3 is 3.20 bits per heavy atom. The van der Waals surface area contributed by atoms with Gasteiger partial charge in [0.2, 0.25) is 11.8 Å². The Morgan fingerprint density at radius 2 is 2.53 bits per heavy atom. The molecule has 0 radical (unpaired) electrons. The molecule has 0 unspecified atom stereocenters. The van der Waals surface area contributed by atoms with Gasteiger partial charge >= 0.3 is 0 Å². The normalized spacial score (nSPS) is 9.07. The molecule has 0 fully saturated rings. The number of hydrogen-bond donors (Lipinski definition) is 1. The second-order valence-corrected chi connectivity index (χ2v) is 2.82. The van der Waals surface area contributed by atoms with E-state index in [1.807, 2.05) is 0 Å². The van der Waals surface area contributed by atoms with E-state index in [1.54, 1.807) is 24.4 Å². The summed E-state index contributed by atoms with van der Waals surface area (Å²) in [5.41, 5.74) is 0.883. The molecule has 1 amide bonds. The number of nitrogens with one attached hydrogen (secondary N) is 1. The van der Waals surface area contributed by atoms with Crippen LogP contribution in [0.4, 0.5) is 0 Å². The lowest BCUT2D eigenvalue weighted by atomic mass is 10.2. The number of ether oxygens (including phenoxy) is 1. The number of pyridine rings is 1. The van der Waals surface area contributed by atoms with E-state index in [4.69, 9.17) is 10.00 Å². The fourth-order valence-electron chi connectivity index (χ4n) is 1.01. The summed E-state index contributed by atoms with van der Waals surface area (Å²) in [6.45, 7) is 0.374. The van der Waals surface area contributed by atoms with Crippen LogP contribution in [-0.2, 0) is 11.3 Å². The molecule has 1 aromatic rings. The first-order valence-corrected chi connectivity index (χ1v) is 4.39. The number of hydrogen-bond acceptors (Lipinski definition) is 4. The van der Waals surface area contributed by atoms with Gasteiger partial charge in [-0.3, -0.25) is 4.79 Å². The zero-order valence-corrected chi connectivity index (χ0v) is 8.36. The Morgan fingerprint density at radius 1 is 1.73 bits per heavy atom. The molecular formula is C10H11N3O2. The summed E-state index contributed by atoms with van der Waals surface area (Å²) in [5, 5.41) is 10.9. The van der Waals surface area contributed by atoms with E-state index >= 15 is 0 Å². The van der Waals surface area contributed by atoms with Gasteiger partial charge in [-0.25, -0.2) is 4.98 Å². The lowest BCUT2D eigenvalue weighted by Crippen LogP contribution is -2.21. The van der Waals surface area contributed by atoms with Gasteiger partial charge in [0.25, 0.3) is 0 Å². The van der Waals surface area contributed by atoms with Crippen molar-refractivity contribution in [3.05, 3.63) is 23.9 Å². The molecule has 0 aromatic carbocycles. The first-order valence-electron chi connectivity index (χ1n) is 4.39. The predicted octanol–water partition coefficient (Wildman–Crippen LogP) is 0.620. The maximum atomic E-state index is 11.0. The van der Waals surface area contributed by atoms with Gasteiger partial charge < -0.3 is 10.1 Å². The third kappa shape index (κ3) is 3.65. The van der Waals surface area contributed by atoms with Crippen LogP contribution < -0.4 is 10.1 Å². The van der Waals surface area contributed by atoms with E-state index in [2.05, 4.69) is 10.3 Å². The molecule has 0 saturated heterocycles. The van der Waals surface area contributed by atoms with Crippen molar-refractivity contribution in [3.8, 4) is 11.9 Å². The van der Waals surface area contributed by atoms with Crippen LogP contribution in [-0.4, -0.2) is 18.0 Å². The number of nitriles is 1. The van der Waals surface area contributed by atoms with Crippen LogP contribution in [0.15, 0.2) is 18.3 Å². The molecule has 0 saturated carbocycles. The molecule has 0 aliphatic heterocycles. The summed E-state index contributed by atoms with van der Waals surface area (Å²) >= 11 is 0. The topological polar surface area (TPSA) is 75.0 Å². The summed E-state index contributed by atoms with van der Waals surface area (Å²) in [5.74, 6) is 0.218. The van der Waals surface area contributed by atoms with E-state index < -0.39 is 0 Å². The molecule has 5 heteroatoms. The van der Waals surface area contributed by atoms with Crippen LogP contribution >= 0.6 is 0 Å². The average molecular weight is 205 g/mol. The van der Waals surface area contributed by atoms with E-state index in [-0.39, 0.29) is 12.3 Å². The minimum atomic E-state index is -0.284. The fraction of sp³-hybridized carbons (Fsp3) is 0.300. The maximum absolute atomic E-state index is 11.0. The Kier molecular flexibility index (Phi) is 4.10. The number of carbonyl (C=O) groups excluding carboxylic acids is 1. The minimum Gasteiger partial charge on any atom is -0.481 e. The molecule has 15 heavy (non-hydrogen) atoms. The highest BCUT2D eigenvalue weighted by molar-refractivity contribution is 5.77. The third-order valence-electron chi connectivity index (χ3n) is 1.74. The van der Waals surface area contributed by atoms with Gasteiger partial charge in [-0.05, 0) is 11.6 Å². The largest absolute Gasteiger partial charge is 0.481 e. The van der Waals surface area contributed by atoms with E-state index in [1.165, 1.54) is 7.11 Å². The number of amides is 1. The molecule has 1 rings (SSSR count). The molecule has 0 spiro atoms. The van der Waals surface area contributed by atoms with Gasteiger partial charge in [-0.1, -0.05) is 0 Å². The molecule has 0 atom stereocenters. The van der Waals surface area contributed by atoms with Crippen LogP contribution in [0.1, 0.15) is 12.0 Å². The van der Waals surface area contributed by atoms with E-state index in [9.17, 15) is 4.79 Å². The Labute approximate surface area is 87.7 Å². The minimum absolute atomic E-state index is 0.123. The molecule has 1 N–H and O–H groups in total. The quantitative estimate of drug-likeness (QED) is 0.781. The van der Waals surface area contributed by atoms with Gasteiger partial charge in [-0.15, -0.1) is 0 Å². The molecule has 78 valence electrons. The van der Waals surface area contributed by atoms with Crippen molar-refractivity contribution >= 4 is 5.91 Å². The van der Waals surface area contributed by atoms with Gasteiger partial charge in [0.05, 0.1) is 13.2 Å². The average Bonchev–Trinajstić information content (AvgIpc) is 2.27. The van der Waals surface area contributed by atoms with Gasteiger partial charge in [0.15, 0.2) is 0 Å². The smallest absolute Gasteiger partial charge is 0.234 e. The summed E-state index contributed by atoms with van der Waals surface area (Å²) in [6.07, 6.45) is 1.48.